The Hall–Kier alpha value is -1.70. The highest BCUT2D eigenvalue weighted by Gasteiger charge is 2.10. The quantitative estimate of drug-likeness (QED) is 0.718. The third-order valence-electron chi connectivity index (χ3n) is 3.14. The van der Waals surface area contributed by atoms with Gasteiger partial charge in [0, 0.05) is 5.39 Å². The van der Waals surface area contributed by atoms with Crippen molar-refractivity contribution < 1.29 is 0 Å². The van der Waals surface area contributed by atoms with Crippen LogP contribution in [0.5, 0.6) is 0 Å². The number of hydrogen-bond acceptors (Lipinski definition) is 2. The summed E-state index contributed by atoms with van der Waals surface area (Å²) in [5, 5.41) is 1.18. The molecule has 80 valence electrons. The summed E-state index contributed by atoms with van der Waals surface area (Å²) in [4.78, 5) is 8.75. The highest BCUT2D eigenvalue weighted by atomic mass is 14.8. The molecule has 1 aliphatic rings. The van der Waals surface area contributed by atoms with Crippen LogP contribution in [-0.2, 0) is 0 Å². The summed E-state index contributed by atoms with van der Waals surface area (Å²) in [6, 6.07) is 8.23. The van der Waals surface area contributed by atoms with Crippen molar-refractivity contribution in [2.24, 2.45) is 0 Å². The molecule has 2 aromatic rings. The number of benzene rings is 1. The second-order valence-electron chi connectivity index (χ2n) is 4.21. The Labute approximate surface area is 95.0 Å². The van der Waals surface area contributed by atoms with Crippen LogP contribution >= 0.6 is 0 Å². The molecule has 0 saturated heterocycles. The van der Waals surface area contributed by atoms with Gasteiger partial charge >= 0.3 is 0 Å². The monoisotopic (exact) mass is 210 g/mol. The molecule has 0 saturated carbocycles. The summed E-state index contributed by atoms with van der Waals surface area (Å²) in [5.41, 5.74) is 3.56. The molecule has 2 nitrogen and oxygen atoms in total. The summed E-state index contributed by atoms with van der Waals surface area (Å²) < 4.78 is 0. The molecule has 1 aliphatic carbocycles. The molecule has 0 N–H and O–H groups in total. The zero-order valence-electron chi connectivity index (χ0n) is 9.19. The molecular formula is C14H14N2. The molecule has 16 heavy (non-hydrogen) atoms. The van der Waals surface area contributed by atoms with Crippen LogP contribution in [0.3, 0.4) is 0 Å². The van der Waals surface area contributed by atoms with E-state index in [1.807, 2.05) is 12.1 Å². The van der Waals surface area contributed by atoms with Crippen molar-refractivity contribution in [3.63, 3.8) is 0 Å². The number of rotatable bonds is 1. The van der Waals surface area contributed by atoms with E-state index in [9.17, 15) is 0 Å². The van der Waals surface area contributed by atoms with E-state index >= 15 is 0 Å². The summed E-state index contributed by atoms with van der Waals surface area (Å²) >= 11 is 0. The number of aromatic nitrogens is 2. The molecule has 0 spiro atoms. The van der Waals surface area contributed by atoms with Gasteiger partial charge in [0.05, 0.1) is 11.2 Å². The van der Waals surface area contributed by atoms with Gasteiger partial charge in [0.25, 0.3) is 0 Å². The average molecular weight is 210 g/mol. The topological polar surface area (TPSA) is 25.8 Å². The van der Waals surface area contributed by atoms with Gasteiger partial charge in [0.2, 0.25) is 0 Å². The first-order valence-electron chi connectivity index (χ1n) is 5.84. The third-order valence-corrected chi connectivity index (χ3v) is 3.14. The lowest BCUT2D eigenvalue weighted by Gasteiger charge is -2.13. The Bertz CT molecular complexity index is 538. The van der Waals surface area contributed by atoms with Crippen LogP contribution in [0, 0.1) is 0 Å². The smallest absolute Gasteiger partial charge is 0.116 e. The van der Waals surface area contributed by atoms with Crippen LogP contribution < -0.4 is 0 Å². The summed E-state index contributed by atoms with van der Waals surface area (Å²) in [6.45, 7) is 0. The molecule has 1 aromatic heterocycles. The van der Waals surface area contributed by atoms with Crippen LogP contribution in [0.25, 0.3) is 16.5 Å². The maximum atomic E-state index is 4.45. The fraction of sp³-hybridized carbons (Fsp3) is 0.286. The maximum Gasteiger partial charge on any atom is 0.116 e. The molecule has 2 heteroatoms. The van der Waals surface area contributed by atoms with E-state index in [4.69, 9.17) is 0 Å². The Morgan fingerprint density at radius 3 is 2.81 bits per heavy atom. The van der Waals surface area contributed by atoms with E-state index in [0.717, 1.165) is 17.6 Å². The van der Waals surface area contributed by atoms with E-state index in [2.05, 4.69) is 28.2 Å². The Morgan fingerprint density at radius 2 is 1.94 bits per heavy atom. The molecule has 0 unspecified atom stereocenters. The van der Waals surface area contributed by atoms with Crippen LogP contribution in [0.1, 0.15) is 31.4 Å². The Balaban J connectivity index is 2.19. The van der Waals surface area contributed by atoms with Gasteiger partial charge in [-0.15, -0.1) is 0 Å². The number of para-hydroxylation sites is 1. The van der Waals surface area contributed by atoms with E-state index in [1.165, 1.54) is 30.2 Å². The molecule has 3 rings (SSSR count). The van der Waals surface area contributed by atoms with Crippen molar-refractivity contribution in [2.45, 2.75) is 25.7 Å². The number of fused-ring (bicyclic) bond motifs is 1. The van der Waals surface area contributed by atoms with E-state index in [-0.39, 0.29) is 0 Å². The van der Waals surface area contributed by atoms with Crippen molar-refractivity contribution in [2.75, 3.05) is 0 Å². The maximum absolute atomic E-state index is 4.45. The highest BCUT2D eigenvalue weighted by molar-refractivity contribution is 5.89. The zero-order valence-corrected chi connectivity index (χ0v) is 9.19. The van der Waals surface area contributed by atoms with E-state index in [1.54, 1.807) is 6.33 Å². The summed E-state index contributed by atoms with van der Waals surface area (Å²) in [7, 11) is 0. The lowest BCUT2D eigenvalue weighted by Crippen LogP contribution is -1.96. The molecule has 0 aliphatic heterocycles. The number of allylic oxidation sites excluding steroid dienone is 2. The van der Waals surface area contributed by atoms with E-state index in [0.29, 0.717) is 0 Å². The van der Waals surface area contributed by atoms with Crippen LogP contribution in [-0.4, -0.2) is 9.97 Å². The minimum Gasteiger partial charge on any atom is -0.236 e. The molecule has 0 radical (unpaired) electrons. The average Bonchev–Trinajstić information content (AvgIpc) is 2.39. The van der Waals surface area contributed by atoms with Gasteiger partial charge < -0.3 is 0 Å². The second kappa shape index (κ2) is 4.05. The van der Waals surface area contributed by atoms with Crippen molar-refractivity contribution in [3.8, 4) is 0 Å². The molecule has 0 amide bonds. The molecule has 0 atom stereocenters. The molecular weight excluding hydrogens is 196 g/mol. The van der Waals surface area contributed by atoms with Crippen molar-refractivity contribution in [3.05, 3.63) is 42.4 Å². The lowest BCUT2D eigenvalue weighted by molar-refractivity contribution is 0.740. The van der Waals surface area contributed by atoms with Gasteiger partial charge in [-0.1, -0.05) is 24.3 Å². The molecule has 1 aromatic carbocycles. The second-order valence-corrected chi connectivity index (χ2v) is 4.21. The van der Waals surface area contributed by atoms with Gasteiger partial charge in [-0.2, -0.15) is 0 Å². The van der Waals surface area contributed by atoms with Crippen molar-refractivity contribution in [1.29, 1.82) is 0 Å². The Kier molecular flexibility index (Phi) is 2.41. The fourth-order valence-corrected chi connectivity index (χ4v) is 2.31. The minimum atomic E-state index is 1.04. The molecule has 0 fully saturated rings. The third kappa shape index (κ3) is 1.60. The minimum absolute atomic E-state index is 1.04. The normalized spacial score (nSPS) is 16.1. The van der Waals surface area contributed by atoms with Gasteiger partial charge in [-0.3, -0.25) is 0 Å². The number of nitrogens with zero attached hydrogens (tertiary/aromatic N) is 2. The molecule has 0 bridgehead atoms. The van der Waals surface area contributed by atoms with Crippen LogP contribution in [0.4, 0.5) is 0 Å². The van der Waals surface area contributed by atoms with Gasteiger partial charge in [0.1, 0.15) is 6.33 Å². The Morgan fingerprint density at radius 1 is 1.00 bits per heavy atom. The summed E-state index contributed by atoms with van der Waals surface area (Å²) in [6.07, 6.45) is 8.94. The lowest BCUT2D eigenvalue weighted by atomic mass is 9.95. The SMILES string of the molecule is C1=C(c2ncnc3ccccc23)CCCC1. The molecule has 1 heterocycles. The van der Waals surface area contributed by atoms with Gasteiger partial charge in [-0.05, 0) is 37.3 Å². The largest absolute Gasteiger partial charge is 0.236 e. The first-order chi connectivity index (χ1) is 7.95. The first kappa shape index (κ1) is 9.52. The predicted molar refractivity (Wildman–Crippen MR) is 66.0 cm³/mol. The van der Waals surface area contributed by atoms with Crippen molar-refractivity contribution >= 4 is 16.5 Å². The predicted octanol–water partition coefficient (Wildman–Crippen LogP) is 3.59. The van der Waals surface area contributed by atoms with E-state index < -0.39 is 0 Å². The van der Waals surface area contributed by atoms with Gasteiger partial charge in [-0.25, -0.2) is 9.97 Å². The van der Waals surface area contributed by atoms with Gasteiger partial charge in [0.15, 0.2) is 0 Å². The highest BCUT2D eigenvalue weighted by Crippen LogP contribution is 2.29. The zero-order chi connectivity index (χ0) is 10.8. The summed E-state index contributed by atoms with van der Waals surface area (Å²) in [5.74, 6) is 0. The first-order valence-corrected chi connectivity index (χ1v) is 5.84. The standard InChI is InChI=1S/C14H14N2/c1-2-6-11(7-3-1)14-12-8-4-5-9-13(12)15-10-16-14/h4-6,8-10H,1-3,7H2. The van der Waals surface area contributed by atoms with Crippen LogP contribution in [0.2, 0.25) is 0 Å². The number of hydrogen-bond donors (Lipinski definition) is 0. The van der Waals surface area contributed by atoms with Crippen LogP contribution in [0.15, 0.2) is 36.7 Å². The fourth-order valence-electron chi connectivity index (χ4n) is 2.31. The van der Waals surface area contributed by atoms with Crippen molar-refractivity contribution in [1.82, 2.24) is 9.97 Å².